The quantitative estimate of drug-likeness (QED) is 0.133. The van der Waals surface area contributed by atoms with Gasteiger partial charge in [0.15, 0.2) is 0 Å². The van der Waals surface area contributed by atoms with Crippen molar-refractivity contribution in [3.63, 3.8) is 0 Å². The van der Waals surface area contributed by atoms with Crippen LogP contribution in [0.1, 0.15) is 48.1 Å². The molecule has 0 atom stereocenters. The summed E-state index contributed by atoms with van der Waals surface area (Å²) < 4.78 is 7.99. The van der Waals surface area contributed by atoms with E-state index in [1.54, 1.807) is 10.9 Å². The van der Waals surface area contributed by atoms with Gasteiger partial charge in [-0.3, -0.25) is 10.1 Å². The SMILES string of the molecule is Cc1ccc(-n2nc(C(C)(C)C)cc2NC(=O)Nc2ccc(OCc3ccnc(Nc4cnc(C(N)=O)cn4)c3)c3ccccc23)cc1. The molecular formula is C36H35N9O3. The third-order valence-electron chi connectivity index (χ3n) is 7.51. The number of urea groups is 1. The van der Waals surface area contributed by atoms with Gasteiger partial charge >= 0.3 is 6.03 Å². The first kappa shape index (κ1) is 31.7. The fourth-order valence-electron chi connectivity index (χ4n) is 4.94. The fourth-order valence-corrected chi connectivity index (χ4v) is 4.94. The molecule has 48 heavy (non-hydrogen) atoms. The van der Waals surface area contributed by atoms with E-state index in [1.807, 2.05) is 85.8 Å². The van der Waals surface area contributed by atoms with Crippen molar-refractivity contribution < 1.29 is 14.3 Å². The van der Waals surface area contributed by atoms with E-state index < -0.39 is 11.9 Å². The number of anilines is 4. The Hall–Kier alpha value is -6.30. The second-order valence-electron chi connectivity index (χ2n) is 12.3. The predicted molar refractivity (Wildman–Crippen MR) is 186 cm³/mol. The number of aromatic nitrogens is 5. The lowest BCUT2D eigenvalue weighted by Crippen LogP contribution is -2.21. The summed E-state index contributed by atoms with van der Waals surface area (Å²) in [5.74, 6) is 1.51. The summed E-state index contributed by atoms with van der Waals surface area (Å²) in [6, 6.07) is 24.6. The Morgan fingerprint density at radius 3 is 2.33 bits per heavy atom. The van der Waals surface area contributed by atoms with Gasteiger partial charge in [-0.15, -0.1) is 0 Å². The summed E-state index contributed by atoms with van der Waals surface area (Å²) in [7, 11) is 0. The Morgan fingerprint density at radius 1 is 0.854 bits per heavy atom. The highest BCUT2D eigenvalue weighted by atomic mass is 16.5. The van der Waals surface area contributed by atoms with Gasteiger partial charge in [-0.1, -0.05) is 62.7 Å². The van der Waals surface area contributed by atoms with Gasteiger partial charge in [-0.05, 0) is 48.9 Å². The Labute approximate surface area is 277 Å². The molecule has 3 heterocycles. The monoisotopic (exact) mass is 641 g/mol. The molecule has 12 heteroatoms. The average Bonchev–Trinajstić information content (AvgIpc) is 3.49. The highest BCUT2D eigenvalue weighted by Gasteiger charge is 2.22. The van der Waals surface area contributed by atoms with Crippen LogP contribution in [0.3, 0.4) is 0 Å². The molecule has 242 valence electrons. The van der Waals surface area contributed by atoms with Crippen molar-refractivity contribution in [2.75, 3.05) is 16.0 Å². The molecular weight excluding hydrogens is 606 g/mol. The molecule has 0 fully saturated rings. The Bertz CT molecular complexity index is 2100. The number of benzene rings is 3. The van der Waals surface area contributed by atoms with Gasteiger partial charge in [0.25, 0.3) is 5.91 Å². The number of pyridine rings is 1. The number of nitrogens with two attached hydrogens (primary N) is 1. The number of ether oxygens (including phenoxy) is 1. The Morgan fingerprint density at radius 2 is 1.62 bits per heavy atom. The second-order valence-corrected chi connectivity index (χ2v) is 12.3. The zero-order valence-corrected chi connectivity index (χ0v) is 27.0. The number of carbonyl (C=O) groups excluding carboxylic acids is 2. The minimum absolute atomic E-state index is 0.0741. The third-order valence-corrected chi connectivity index (χ3v) is 7.51. The van der Waals surface area contributed by atoms with Crippen molar-refractivity contribution in [1.29, 1.82) is 0 Å². The Balaban J connectivity index is 1.17. The smallest absolute Gasteiger partial charge is 0.324 e. The second kappa shape index (κ2) is 13.2. The molecule has 3 aromatic heterocycles. The average molecular weight is 642 g/mol. The van der Waals surface area contributed by atoms with E-state index in [0.29, 0.717) is 28.9 Å². The highest BCUT2D eigenvalue weighted by molar-refractivity contribution is 6.07. The van der Waals surface area contributed by atoms with Crippen molar-refractivity contribution in [2.45, 2.75) is 39.7 Å². The van der Waals surface area contributed by atoms with Gasteiger partial charge in [-0.25, -0.2) is 24.4 Å². The molecule has 6 aromatic rings. The van der Waals surface area contributed by atoms with Gasteiger partial charge < -0.3 is 21.1 Å². The molecule has 6 rings (SSSR count). The molecule has 0 saturated carbocycles. The van der Waals surface area contributed by atoms with Crippen LogP contribution >= 0.6 is 0 Å². The molecule has 0 bridgehead atoms. The number of hydrogen-bond acceptors (Lipinski definition) is 8. The summed E-state index contributed by atoms with van der Waals surface area (Å²) in [4.78, 5) is 37.1. The molecule has 3 amide bonds. The number of nitrogens with one attached hydrogen (secondary N) is 3. The summed E-state index contributed by atoms with van der Waals surface area (Å²) in [6.07, 6.45) is 4.37. The molecule has 0 aliphatic heterocycles. The van der Waals surface area contributed by atoms with Crippen LogP contribution in [-0.4, -0.2) is 36.7 Å². The number of rotatable bonds is 9. The number of fused-ring (bicyclic) bond motifs is 1. The van der Waals surface area contributed by atoms with Crippen molar-refractivity contribution in [2.24, 2.45) is 5.73 Å². The van der Waals surface area contributed by atoms with E-state index >= 15 is 0 Å². The standard InChI is InChI=1S/C36H35N9O3/c1-22-9-11-24(12-10-22)45-33(18-30(44-45)36(2,3)4)43-35(47)41-27-13-14-29(26-8-6-5-7-25(26)27)48-21-23-15-16-38-31(17-23)42-32-20-39-28(19-40-32)34(37)46/h5-20H,21H2,1-4H3,(H2,37,46)(H,38,40,42)(H2,41,43,47). The normalized spacial score (nSPS) is 11.2. The lowest BCUT2D eigenvalue weighted by molar-refractivity contribution is 0.0995. The summed E-state index contributed by atoms with van der Waals surface area (Å²) in [5.41, 5.74) is 9.43. The van der Waals surface area contributed by atoms with Crippen molar-refractivity contribution in [1.82, 2.24) is 24.7 Å². The molecule has 0 spiro atoms. The lowest BCUT2D eigenvalue weighted by atomic mass is 9.92. The molecule has 0 unspecified atom stereocenters. The van der Waals surface area contributed by atoms with Crippen LogP contribution in [0.2, 0.25) is 0 Å². The van der Waals surface area contributed by atoms with Crippen LogP contribution < -0.4 is 26.4 Å². The lowest BCUT2D eigenvalue weighted by Gasteiger charge is -2.15. The molecule has 5 N–H and O–H groups in total. The van der Waals surface area contributed by atoms with E-state index in [1.165, 1.54) is 12.4 Å². The number of amides is 3. The van der Waals surface area contributed by atoms with Crippen molar-refractivity contribution >= 4 is 45.9 Å². The first-order valence-corrected chi connectivity index (χ1v) is 15.3. The number of hydrogen-bond donors (Lipinski definition) is 4. The minimum Gasteiger partial charge on any atom is -0.488 e. The van der Waals surface area contributed by atoms with Crippen LogP contribution in [0.15, 0.2) is 97.5 Å². The van der Waals surface area contributed by atoms with E-state index in [-0.39, 0.29) is 17.7 Å². The maximum Gasteiger partial charge on any atom is 0.324 e. The maximum absolute atomic E-state index is 13.4. The van der Waals surface area contributed by atoms with Crippen LogP contribution in [0.4, 0.5) is 27.9 Å². The predicted octanol–water partition coefficient (Wildman–Crippen LogP) is 6.88. The van der Waals surface area contributed by atoms with Gasteiger partial charge in [0.05, 0.1) is 29.5 Å². The summed E-state index contributed by atoms with van der Waals surface area (Å²) in [6.45, 7) is 8.55. The van der Waals surface area contributed by atoms with Gasteiger partial charge in [-0.2, -0.15) is 5.10 Å². The molecule has 0 radical (unpaired) electrons. The molecule has 0 aliphatic rings. The topological polar surface area (TPSA) is 162 Å². The van der Waals surface area contributed by atoms with Crippen molar-refractivity contribution in [3.8, 4) is 11.4 Å². The van der Waals surface area contributed by atoms with E-state index in [2.05, 4.69) is 51.7 Å². The first-order valence-electron chi connectivity index (χ1n) is 15.3. The largest absolute Gasteiger partial charge is 0.488 e. The van der Waals surface area contributed by atoms with Crippen LogP contribution in [0.5, 0.6) is 5.75 Å². The van der Waals surface area contributed by atoms with Gasteiger partial charge in [0, 0.05) is 28.5 Å². The number of primary amides is 1. The third kappa shape index (κ3) is 7.23. The molecule has 0 aliphatic carbocycles. The Kier molecular flexibility index (Phi) is 8.71. The van der Waals surface area contributed by atoms with E-state index in [4.69, 9.17) is 15.6 Å². The number of nitrogens with zero attached hydrogens (tertiary/aromatic N) is 5. The van der Waals surface area contributed by atoms with Gasteiger partial charge in [0.1, 0.15) is 35.5 Å². The van der Waals surface area contributed by atoms with Crippen LogP contribution in [-0.2, 0) is 12.0 Å². The van der Waals surface area contributed by atoms with Crippen LogP contribution in [0, 0.1) is 6.92 Å². The molecule has 0 saturated heterocycles. The van der Waals surface area contributed by atoms with E-state index in [0.717, 1.165) is 33.3 Å². The van der Waals surface area contributed by atoms with E-state index in [9.17, 15) is 9.59 Å². The zero-order valence-electron chi connectivity index (χ0n) is 27.0. The minimum atomic E-state index is -0.650. The highest BCUT2D eigenvalue weighted by Crippen LogP contribution is 2.33. The zero-order chi connectivity index (χ0) is 33.8. The van der Waals surface area contributed by atoms with Gasteiger partial charge in [0.2, 0.25) is 0 Å². The number of carbonyl (C=O) groups is 2. The maximum atomic E-state index is 13.4. The first-order chi connectivity index (χ1) is 23.0. The molecule has 12 nitrogen and oxygen atoms in total. The summed E-state index contributed by atoms with van der Waals surface area (Å²) in [5, 5.41) is 15.5. The van der Waals surface area contributed by atoms with Crippen molar-refractivity contribution in [3.05, 3.63) is 120 Å². The molecule has 3 aromatic carbocycles. The number of aryl methyl sites for hydroxylation is 1. The van der Waals surface area contributed by atoms with Crippen LogP contribution in [0.25, 0.3) is 16.5 Å². The summed E-state index contributed by atoms with van der Waals surface area (Å²) >= 11 is 0. The fraction of sp³-hybridized carbons (Fsp3) is 0.167.